The summed E-state index contributed by atoms with van der Waals surface area (Å²) >= 11 is -0.0504. The minimum Gasteiger partial charge on any atom is -0.341 e. The van der Waals surface area contributed by atoms with Crippen LogP contribution in [0.1, 0.15) is 274 Å². The molecule has 0 N–H and O–H groups in total. The zero-order chi connectivity index (χ0) is 74.6. The third-order valence-corrected chi connectivity index (χ3v) is 24.7. The summed E-state index contributed by atoms with van der Waals surface area (Å²) in [5.74, 6) is -11.2. The highest BCUT2D eigenvalue weighted by Crippen LogP contribution is 2.69. The minimum atomic E-state index is -6.97. The highest BCUT2D eigenvalue weighted by atomic mass is 32.2. The molecule has 2 aliphatic carbocycles. The second-order valence-corrected chi connectivity index (χ2v) is 32.4. The van der Waals surface area contributed by atoms with E-state index in [0.29, 0.717) is 103 Å². The fourth-order valence-electron chi connectivity index (χ4n) is 12.0. The number of rotatable bonds is 54. The predicted octanol–water partition coefficient (Wildman–Crippen LogP) is 24.9. The van der Waals surface area contributed by atoms with Gasteiger partial charge < -0.3 is 37.9 Å². The van der Waals surface area contributed by atoms with Gasteiger partial charge in [0.2, 0.25) is 8.53 Å². The van der Waals surface area contributed by atoms with Gasteiger partial charge in [-0.15, -0.1) is 47.0 Å². The molecule has 31 heteroatoms. The van der Waals surface area contributed by atoms with Crippen molar-refractivity contribution < 1.29 is 118 Å². The van der Waals surface area contributed by atoms with Gasteiger partial charge in [-0.3, -0.25) is 9.47 Å². The second-order valence-electron chi connectivity index (χ2n) is 25.7. The van der Waals surface area contributed by atoms with Crippen molar-refractivity contribution in [3.05, 3.63) is 0 Å². The molecule has 8 atom stereocenters. The number of thioether (sulfide) groups is 5. The van der Waals surface area contributed by atoms with E-state index in [1.165, 1.54) is 13.8 Å². The summed E-state index contributed by atoms with van der Waals surface area (Å²) in [5, 5.41) is -9.63. The number of hydrogen-bond acceptors (Lipinski definition) is 15. The Hall–Kier alpha value is 0.230. The van der Waals surface area contributed by atoms with Crippen LogP contribution in [0.15, 0.2) is 0 Å². The highest BCUT2D eigenvalue weighted by Gasteiger charge is 2.84. The first-order valence-corrected chi connectivity index (χ1v) is 41.5. The van der Waals surface area contributed by atoms with Gasteiger partial charge in [0.25, 0.3) is 21.8 Å². The van der Waals surface area contributed by atoms with E-state index < -0.39 is 154 Å². The monoisotopic (exact) mass is 1560 g/mol. The van der Waals surface area contributed by atoms with Crippen LogP contribution in [0.4, 0.5) is 70.2 Å². The summed E-state index contributed by atoms with van der Waals surface area (Å²) in [6, 6.07) is 0. The Morgan fingerprint density at radius 2 is 0.667 bits per heavy atom. The summed E-state index contributed by atoms with van der Waals surface area (Å²) in [5.41, 5.74) is 0. The Morgan fingerprint density at radius 3 is 0.939 bits per heavy atom. The molecule has 10 nitrogen and oxygen atoms in total. The fourth-order valence-corrected chi connectivity index (χ4v) is 18.9. The molecule has 2 saturated carbocycles. The quantitative estimate of drug-likeness (QED) is 0.0328. The van der Waals surface area contributed by atoms with E-state index in [0.717, 1.165) is 25.4 Å². The van der Waals surface area contributed by atoms with Crippen molar-refractivity contribution in [3.63, 3.8) is 0 Å². The van der Waals surface area contributed by atoms with Gasteiger partial charge in [-0.25, -0.2) is 0 Å². The molecule has 592 valence electrons. The van der Waals surface area contributed by atoms with Gasteiger partial charge >= 0.3 is 36.9 Å². The van der Waals surface area contributed by atoms with Crippen LogP contribution in [-0.2, 0) is 47.4 Å². The van der Waals surface area contributed by atoms with E-state index >= 15 is 70.2 Å². The van der Waals surface area contributed by atoms with Crippen LogP contribution >= 0.6 is 58.8 Å². The van der Waals surface area contributed by atoms with Gasteiger partial charge in [0.15, 0.2) is 0 Å². The van der Waals surface area contributed by atoms with Crippen LogP contribution in [0.2, 0.25) is 0 Å². The van der Waals surface area contributed by atoms with Gasteiger partial charge in [-0.2, -0.15) is 70.2 Å². The van der Waals surface area contributed by atoms with Gasteiger partial charge in [0.1, 0.15) is 13.2 Å². The maximum atomic E-state index is 18.1. The lowest BCUT2D eigenvalue weighted by atomic mass is 9.98. The standard InChI is InChI=1S/C68H118F16O10S5/c1-11-19-23-25-33-39-47-85-59(91-55-43-35-29-27-30-36-44-55,67(95-9,97-17-7)89-51-57(69,70)71)65(93-63(81,82)61(75,76)77,87-49-53(15-5)41-21-13-3)99-66(94-64(83,84)62(78,79)80,88-50-54(16-6)42-22-14-4)60(86-48-40-34-26-24-20-12-2,92-56-45-37-31-28-32-38-46-56)68(96-10,98-18-8)90-52-58(72,73)74/h53-56H,11-52H2,1-10H3. The number of halogens is 16. The average Bonchev–Trinajstić information content (AvgIpc) is 0.689. The van der Waals surface area contributed by atoms with E-state index in [-0.39, 0.29) is 150 Å². The molecule has 0 aliphatic heterocycles. The molecule has 0 aromatic heterocycles. The smallest absolute Gasteiger partial charge is 0.341 e. The van der Waals surface area contributed by atoms with Crippen molar-refractivity contribution in [2.75, 3.05) is 63.7 Å². The Labute approximate surface area is 602 Å². The Kier molecular flexibility index (Phi) is 44.8. The first-order valence-electron chi connectivity index (χ1n) is 36.2. The van der Waals surface area contributed by atoms with E-state index in [1.807, 2.05) is 13.8 Å². The summed E-state index contributed by atoms with van der Waals surface area (Å²) < 4.78 is 322. The summed E-state index contributed by atoms with van der Waals surface area (Å²) in [6.45, 7) is 4.36. The summed E-state index contributed by atoms with van der Waals surface area (Å²) in [7, 11) is 0. The van der Waals surface area contributed by atoms with Crippen molar-refractivity contribution in [3.8, 4) is 0 Å². The number of ether oxygens (including phenoxy) is 10. The van der Waals surface area contributed by atoms with Crippen molar-refractivity contribution in [1.82, 2.24) is 0 Å². The van der Waals surface area contributed by atoms with Crippen LogP contribution < -0.4 is 0 Å². The second kappa shape index (κ2) is 46.6. The van der Waals surface area contributed by atoms with E-state index in [9.17, 15) is 0 Å². The lowest BCUT2D eigenvalue weighted by Gasteiger charge is -2.61. The molecule has 0 aromatic rings. The van der Waals surface area contributed by atoms with Crippen LogP contribution in [0, 0.1) is 11.8 Å². The molecule has 0 spiro atoms. The zero-order valence-electron chi connectivity index (χ0n) is 60.2. The lowest BCUT2D eigenvalue weighted by molar-refractivity contribution is -0.499. The van der Waals surface area contributed by atoms with Crippen LogP contribution in [0.5, 0.6) is 0 Å². The third-order valence-electron chi connectivity index (χ3n) is 17.6. The first kappa shape index (κ1) is 95.3. The molecule has 0 amide bonds. The number of alkyl halides is 16. The van der Waals surface area contributed by atoms with Crippen molar-refractivity contribution >= 4 is 58.8 Å². The maximum Gasteiger partial charge on any atom is 0.483 e. The Morgan fingerprint density at radius 1 is 0.364 bits per heavy atom. The predicted molar refractivity (Wildman–Crippen MR) is 367 cm³/mol. The first-order chi connectivity index (χ1) is 46.5. The van der Waals surface area contributed by atoms with Gasteiger partial charge in [-0.05, 0) is 99.0 Å². The molecule has 0 aromatic carbocycles. The molecule has 2 rings (SSSR count). The minimum absolute atomic E-state index is 0.0303. The molecule has 8 unspecified atom stereocenters. The number of hydrogen-bond donors (Lipinski definition) is 0. The molecule has 0 saturated heterocycles. The summed E-state index contributed by atoms with van der Waals surface area (Å²) in [4.78, 5) is 0. The topological polar surface area (TPSA) is 92.3 Å². The van der Waals surface area contributed by atoms with E-state index in [1.54, 1.807) is 27.7 Å². The lowest BCUT2D eigenvalue weighted by Crippen LogP contribution is -2.78. The molecule has 0 heterocycles. The molecule has 0 bridgehead atoms. The molecular weight excluding hydrogens is 1440 g/mol. The maximum absolute atomic E-state index is 18.1. The highest BCUT2D eigenvalue weighted by molar-refractivity contribution is 8.18. The molecule has 2 fully saturated rings. The molecular formula is C68H118F16O10S5. The van der Waals surface area contributed by atoms with Crippen LogP contribution in [0.3, 0.4) is 0 Å². The number of unbranched alkanes of at least 4 members (excludes halogenated alkanes) is 12. The van der Waals surface area contributed by atoms with E-state index in [4.69, 9.17) is 47.4 Å². The fraction of sp³-hybridized carbons (Fsp3) is 1.00. The normalized spacial score (nSPS) is 20.3. The molecule has 2 aliphatic rings. The molecule has 0 radical (unpaired) electrons. The largest absolute Gasteiger partial charge is 0.483 e. The third kappa shape index (κ3) is 30.0. The van der Waals surface area contributed by atoms with Gasteiger partial charge in [0.05, 0.1) is 38.6 Å². The SMILES string of the molecule is CCCCCCCCOC(OC1CCCCCCC1)(C(OCC(CC)CCCC)(OC(F)(F)C(F)(F)F)SC(OCC(CC)CCCC)(OC(F)(F)C(F)(F)F)C(OCCCCCCCC)(OC1CCCCCCC1)C(OCC(F)(F)F)(SC)SCC)C(OCC(F)(F)F)(SC)SCC. The van der Waals surface area contributed by atoms with Crippen molar-refractivity contribution in [1.29, 1.82) is 0 Å². The molecule has 99 heavy (non-hydrogen) atoms. The van der Waals surface area contributed by atoms with Gasteiger partial charge in [0, 0.05) is 0 Å². The van der Waals surface area contributed by atoms with Crippen LogP contribution in [-0.4, -0.2) is 143 Å². The van der Waals surface area contributed by atoms with Crippen molar-refractivity contribution in [2.45, 2.75) is 353 Å². The Bertz CT molecular complexity index is 1940. The van der Waals surface area contributed by atoms with Crippen molar-refractivity contribution in [2.24, 2.45) is 11.8 Å². The van der Waals surface area contributed by atoms with Crippen LogP contribution in [0.25, 0.3) is 0 Å². The summed E-state index contributed by atoms with van der Waals surface area (Å²) in [6.07, 6.45) is -29.5. The van der Waals surface area contributed by atoms with E-state index in [2.05, 4.69) is 0 Å². The zero-order valence-corrected chi connectivity index (χ0v) is 64.3. The van der Waals surface area contributed by atoms with Gasteiger partial charge in [-0.1, -0.05) is 222 Å². The Balaban J connectivity index is 4.28. The average molecular weight is 1560 g/mol.